The SMILES string of the molecule is COc1ccc2cc1Oc1ccc(cc1)CC1c3cc(c(OC)cc3CCN1C)Oc1c(O)c(OC)cc3c1C(C2)[N+](C)(CCCCCCCCCC(=O)[O-])CC3.Cl.Cl. The van der Waals surface area contributed by atoms with E-state index in [1.807, 2.05) is 24.3 Å². The van der Waals surface area contributed by atoms with Crippen molar-refractivity contribution in [3.05, 3.63) is 94.0 Å². The summed E-state index contributed by atoms with van der Waals surface area (Å²) in [4.78, 5) is 13.2. The number of halogens is 2. The van der Waals surface area contributed by atoms with Crippen molar-refractivity contribution in [3.8, 4) is 46.0 Å². The van der Waals surface area contributed by atoms with E-state index in [1.165, 1.54) is 16.7 Å². The van der Waals surface area contributed by atoms with Gasteiger partial charge >= 0.3 is 0 Å². The van der Waals surface area contributed by atoms with Crippen molar-refractivity contribution in [1.29, 1.82) is 0 Å². The van der Waals surface area contributed by atoms with Gasteiger partial charge in [0.15, 0.2) is 34.5 Å². The summed E-state index contributed by atoms with van der Waals surface area (Å²) in [6.07, 6.45) is 10.3. The largest absolute Gasteiger partial charge is 0.550 e. The van der Waals surface area contributed by atoms with Gasteiger partial charge in [-0.2, -0.15) is 0 Å². The number of hydrogen-bond acceptors (Lipinski definition) is 9. The van der Waals surface area contributed by atoms with Crippen LogP contribution in [0.1, 0.15) is 96.8 Å². The monoisotopic (exact) mass is 850 g/mol. The molecule has 0 aliphatic carbocycles. The zero-order valence-corrected chi connectivity index (χ0v) is 36.7. The van der Waals surface area contributed by atoms with E-state index in [0.29, 0.717) is 47.3 Å². The van der Waals surface area contributed by atoms with Gasteiger partial charge in [-0.05, 0) is 116 Å². The number of methoxy groups -OCH3 is 3. The molecule has 8 rings (SSSR count). The van der Waals surface area contributed by atoms with Crippen LogP contribution >= 0.6 is 24.8 Å². The number of carboxylic acids is 1. The maximum absolute atomic E-state index is 12.1. The fourth-order valence-electron chi connectivity index (χ4n) is 9.22. The van der Waals surface area contributed by atoms with E-state index in [4.69, 9.17) is 23.7 Å². The fourth-order valence-corrected chi connectivity index (χ4v) is 9.22. The lowest BCUT2D eigenvalue weighted by atomic mass is 9.85. The number of phenolic OH excluding ortho intramolecular Hbond substituents is 1. The van der Waals surface area contributed by atoms with Crippen LogP contribution in [0, 0.1) is 0 Å². The minimum atomic E-state index is -0.967. The molecule has 0 saturated heterocycles. The Labute approximate surface area is 361 Å². The zero-order valence-electron chi connectivity index (χ0n) is 35.1. The van der Waals surface area contributed by atoms with E-state index < -0.39 is 5.97 Å². The second-order valence-corrected chi connectivity index (χ2v) is 16.3. The number of carbonyl (C=O) groups excluding carboxylic acids is 1. The lowest BCUT2D eigenvalue weighted by molar-refractivity contribution is -0.941. The Morgan fingerprint density at radius 2 is 1.42 bits per heavy atom. The third-order valence-electron chi connectivity index (χ3n) is 12.6. The van der Waals surface area contributed by atoms with Gasteiger partial charge < -0.3 is 43.2 Å². The molecule has 4 aromatic carbocycles. The van der Waals surface area contributed by atoms with Gasteiger partial charge in [0.25, 0.3) is 0 Å². The smallest absolute Gasteiger partial charge is 0.201 e. The summed E-state index contributed by atoms with van der Waals surface area (Å²) in [7, 11) is 9.45. The summed E-state index contributed by atoms with van der Waals surface area (Å²) < 4.78 is 32.0. The molecule has 0 fully saturated rings. The number of nitrogens with zero attached hydrogens (tertiary/aromatic N) is 2. The Bertz CT molecular complexity index is 2060. The lowest BCUT2D eigenvalue weighted by Gasteiger charge is -2.46. The van der Waals surface area contributed by atoms with Crippen LogP contribution in [0.15, 0.2) is 60.7 Å². The number of unbranched alkanes of at least 4 members (excludes halogenated alkanes) is 6. The molecule has 10 nitrogen and oxygen atoms in total. The predicted molar refractivity (Wildman–Crippen MR) is 233 cm³/mol. The van der Waals surface area contributed by atoms with Crippen molar-refractivity contribution in [2.75, 3.05) is 55.1 Å². The van der Waals surface area contributed by atoms with Crippen LogP contribution in [-0.2, 0) is 30.5 Å². The summed E-state index contributed by atoms with van der Waals surface area (Å²) >= 11 is 0. The molecule has 320 valence electrons. The maximum Gasteiger partial charge on any atom is 0.201 e. The van der Waals surface area contributed by atoms with E-state index in [0.717, 1.165) is 104 Å². The van der Waals surface area contributed by atoms with Crippen LogP contribution in [0.3, 0.4) is 0 Å². The minimum absolute atomic E-state index is 0. The molecule has 0 radical (unpaired) electrons. The predicted octanol–water partition coefficient (Wildman–Crippen LogP) is 9.09. The van der Waals surface area contributed by atoms with E-state index in [2.05, 4.69) is 55.4 Å². The molecule has 1 N–H and O–H groups in total. The first-order valence-corrected chi connectivity index (χ1v) is 20.6. The van der Waals surface area contributed by atoms with Gasteiger partial charge in [0.1, 0.15) is 11.8 Å². The number of fused-ring (bicyclic) bond motifs is 2. The molecule has 3 atom stereocenters. The molecule has 12 heteroatoms. The molecule has 4 aliphatic rings. The van der Waals surface area contributed by atoms with Crippen molar-refractivity contribution in [2.24, 2.45) is 0 Å². The molecule has 6 bridgehead atoms. The van der Waals surface area contributed by atoms with E-state index in [1.54, 1.807) is 21.3 Å². The first-order valence-electron chi connectivity index (χ1n) is 20.6. The second-order valence-electron chi connectivity index (χ2n) is 16.3. The Morgan fingerprint density at radius 1 is 0.780 bits per heavy atom. The highest BCUT2D eigenvalue weighted by Gasteiger charge is 2.43. The molecule has 4 heterocycles. The number of carbonyl (C=O) groups is 1. The Hall–Kier alpha value is -4.35. The summed E-state index contributed by atoms with van der Waals surface area (Å²) in [5, 5.41) is 22.9. The highest BCUT2D eigenvalue weighted by atomic mass is 35.5. The van der Waals surface area contributed by atoms with Crippen LogP contribution in [0.25, 0.3) is 0 Å². The number of phenols is 1. The molecular weight excluding hydrogens is 791 g/mol. The van der Waals surface area contributed by atoms with Gasteiger partial charge in [0.2, 0.25) is 5.75 Å². The number of ether oxygens (including phenoxy) is 5. The first-order chi connectivity index (χ1) is 27.6. The molecule has 3 unspecified atom stereocenters. The molecule has 4 aromatic rings. The normalized spacial score (nSPS) is 19.3. The standard InChI is InChI=1S/C47H58N2O8.2ClH/c1-48-22-20-33-28-40(54-4)42-30-36(33)37(48)25-31-14-17-35(18-15-31)56-41-27-32(16-19-39(41)53-3)26-38-45-34(29-43(55-5)46(52)47(45)57-42)21-24-49(38,2)23-12-10-8-6-7-9-11-13-44(50)51;;/h14-19,27-30,37-38H,6-13,20-26H2,1-5H3,(H-,50,51,52);2*1H. The third kappa shape index (κ3) is 10.2. The number of aromatic hydroxyl groups is 1. The number of quaternary nitrogens is 1. The van der Waals surface area contributed by atoms with Gasteiger partial charge in [0.05, 0.1) is 47.0 Å². The molecule has 0 aromatic heterocycles. The highest BCUT2D eigenvalue weighted by molar-refractivity contribution is 5.85. The number of rotatable bonds is 13. The molecule has 0 amide bonds. The minimum Gasteiger partial charge on any atom is -0.550 e. The van der Waals surface area contributed by atoms with Crippen molar-refractivity contribution < 1.29 is 43.2 Å². The molecule has 4 aliphatic heterocycles. The fraction of sp³-hybridized carbons (Fsp3) is 0.468. The average Bonchev–Trinajstić information content (AvgIpc) is 3.20. The Balaban J connectivity index is 0.00000331. The van der Waals surface area contributed by atoms with Crippen molar-refractivity contribution in [3.63, 3.8) is 0 Å². The third-order valence-corrected chi connectivity index (χ3v) is 12.6. The Kier molecular flexibility index (Phi) is 15.7. The van der Waals surface area contributed by atoms with Gasteiger partial charge in [0, 0.05) is 31.4 Å². The van der Waals surface area contributed by atoms with Gasteiger partial charge in [-0.1, -0.05) is 43.9 Å². The van der Waals surface area contributed by atoms with Crippen LogP contribution in [0.4, 0.5) is 0 Å². The van der Waals surface area contributed by atoms with Crippen LogP contribution in [0.5, 0.6) is 46.0 Å². The van der Waals surface area contributed by atoms with Crippen LogP contribution in [-0.4, -0.2) is 75.5 Å². The summed E-state index contributed by atoms with van der Waals surface area (Å²) in [6, 6.07) is 20.8. The zero-order chi connectivity index (χ0) is 40.1. The average molecular weight is 852 g/mol. The molecule has 0 saturated carbocycles. The topological polar surface area (TPSA) is 110 Å². The molecule has 59 heavy (non-hydrogen) atoms. The Morgan fingerprint density at radius 3 is 2.12 bits per heavy atom. The molecule has 0 spiro atoms. The summed E-state index contributed by atoms with van der Waals surface area (Å²) in [6.45, 7) is 2.78. The van der Waals surface area contributed by atoms with Crippen LogP contribution in [0.2, 0.25) is 0 Å². The van der Waals surface area contributed by atoms with Gasteiger partial charge in [-0.25, -0.2) is 0 Å². The van der Waals surface area contributed by atoms with E-state index >= 15 is 0 Å². The van der Waals surface area contributed by atoms with Crippen molar-refractivity contribution in [2.45, 2.75) is 89.1 Å². The number of aliphatic carboxylic acids is 1. The van der Waals surface area contributed by atoms with Gasteiger partial charge in [-0.15, -0.1) is 24.8 Å². The maximum atomic E-state index is 12.1. The lowest BCUT2D eigenvalue weighted by Crippen LogP contribution is -2.52. The highest BCUT2D eigenvalue weighted by Crippen LogP contribution is 2.53. The molecular formula is C47H60Cl2N2O8. The summed E-state index contributed by atoms with van der Waals surface area (Å²) in [5.41, 5.74) is 6.79. The second kappa shape index (κ2) is 20.3. The first kappa shape index (κ1) is 45.7. The van der Waals surface area contributed by atoms with E-state index in [9.17, 15) is 15.0 Å². The number of hydrogen-bond donors (Lipinski definition) is 1. The van der Waals surface area contributed by atoms with Gasteiger partial charge in [-0.3, -0.25) is 4.90 Å². The summed E-state index contributed by atoms with van der Waals surface area (Å²) in [5.74, 6) is 3.07. The van der Waals surface area contributed by atoms with Crippen molar-refractivity contribution >= 4 is 30.8 Å². The van der Waals surface area contributed by atoms with Crippen LogP contribution < -0.4 is 28.8 Å². The number of benzene rings is 4. The van der Waals surface area contributed by atoms with E-state index in [-0.39, 0.29) is 49.1 Å². The number of carboxylic acid groups (broad SMARTS) is 1. The number of likely N-dealkylation sites (N-methyl/N-ethyl adjacent to an activating group) is 2. The quantitative estimate of drug-likeness (QED) is 0.104. The van der Waals surface area contributed by atoms with Crippen molar-refractivity contribution in [1.82, 2.24) is 4.90 Å².